The van der Waals surface area contributed by atoms with Gasteiger partial charge >= 0.3 is 0 Å². The number of aryl methyl sites for hydroxylation is 1. The van der Waals surface area contributed by atoms with E-state index in [1.165, 1.54) is 5.56 Å². The minimum Gasteiger partial charge on any atom is -0.350 e. The molecule has 1 N–H and O–H groups in total. The van der Waals surface area contributed by atoms with Gasteiger partial charge < -0.3 is 10.2 Å². The summed E-state index contributed by atoms with van der Waals surface area (Å²) in [5.74, 6) is 0.969. The van der Waals surface area contributed by atoms with Crippen molar-refractivity contribution in [3.05, 3.63) is 42.0 Å². The van der Waals surface area contributed by atoms with Crippen LogP contribution >= 0.6 is 0 Å². The Morgan fingerprint density at radius 3 is 2.70 bits per heavy atom. The largest absolute Gasteiger partial charge is 0.350 e. The molecule has 4 nitrogen and oxygen atoms in total. The van der Waals surface area contributed by atoms with Gasteiger partial charge in [0.05, 0.1) is 5.69 Å². The van der Waals surface area contributed by atoms with Gasteiger partial charge in [-0.2, -0.15) is 0 Å². The summed E-state index contributed by atoms with van der Waals surface area (Å²) >= 11 is 0. The molecule has 1 saturated heterocycles. The molecule has 4 heteroatoms. The van der Waals surface area contributed by atoms with Crippen LogP contribution in [0.1, 0.15) is 12.5 Å². The first-order valence-electron chi connectivity index (χ1n) is 7.13. The zero-order valence-corrected chi connectivity index (χ0v) is 12.0. The molecule has 1 fully saturated rings. The SMILES string of the molecule is Cc1ccccc1-c1ccc(N2CCNCC2C)nn1. The molecule has 1 atom stereocenters. The van der Waals surface area contributed by atoms with Crippen LogP contribution in [-0.2, 0) is 0 Å². The van der Waals surface area contributed by atoms with Crippen molar-refractivity contribution in [2.75, 3.05) is 24.5 Å². The zero-order chi connectivity index (χ0) is 13.9. The number of nitrogens with zero attached hydrogens (tertiary/aromatic N) is 3. The number of benzene rings is 1. The molecule has 20 heavy (non-hydrogen) atoms. The lowest BCUT2D eigenvalue weighted by molar-refractivity contribution is 0.495. The van der Waals surface area contributed by atoms with Crippen LogP contribution in [0.15, 0.2) is 36.4 Å². The molecule has 0 bridgehead atoms. The maximum Gasteiger partial charge on any atom is 0.151 e. The van der Waals surface area contributed by atoms with Crippen molar-refractivity contribution >= 4 is 5.82 Å². The topological polar surface area (TPSA) is 41.0 Å². The molecular formula is C16H20N4. The van der Waals surface area contributed by atoms with E-state index in [2.05, 4.69) is 58.5 Å². The van der Waals surface area contributed by atoms with Gasteiger partial charge in [-0.15, -0.1) is 10.2 Å². The highest BCUT2D eigenvalue weighted by molar-refractivity contribution is 5.63. The van der Waals surface area contributed by atoms with Crippen LogP contribution in [0.25, 0.3) is 11.3 Å². The highest BCUT2D eigenvalue weighted by atomic mass is 15.3. The first kappa shape index (κ1) is 13.1. The molecular weight excluding hydrogens is 248 g/mol. The second-order valence-electron chi connectivity index (χ2n) is 5.34. The van der Waals surface area contributed by atoms with Crippen molar-refractivity contribution < 1.29 is 0 Å². The fraction of sp³-hybridized carbons (Fsp3) is 0.375. The molecule has 1 aliphatic heterocycles. The molecule has 2 heterocycles. The van der Waals surface area contributed by atoms with Crippen LogP contribution in [0.3, 0.4) is 0 Å². The van der Waals surface area contributed by atoms with Gasteiger partial charge in [0.2, 0.25) is 0 Å². The van der Waals surface area contributed by atoms with Gasteiger partial charge in [0, 0.05) is 31.2 Å². The number of rotatable bonds is 2. The smallest absolute Gasteiger partial charge is 0.151 e. The molecule has 104 valence electrons. The third-order valence-electron chi connectivity index (χ3n) is 3.87. The maximum absolute atomic E-state index is 4.42. The Morgan fingerprint density at radius 2 is 2.00 bits per heavy atom. The van der Waals surface area contributed by atoms with E-state index in [0.717, 1.165) is 36.7 Å². The molecule has 3 rings (SSSR count). The van der Waals surface area contributed by atoms with Gasteiger partial charge in [-0.05, 0) is 31.5 Å². The van der Waals surface area contributed by atoms with Crippen molar-refractivity contribution in [3.8, 4) is 11.3 Å². The fourth-order valence-electron chi connectivity index (χ4n) is 2.66. The predicted molar refractivity (Wildman–Crippen MR) is 81.9 cm³/mol. The van der Waals surface area contributed by atoms with Crippen molar-refractivity contribution in [1.29, 1.82) is 0 Å². The summed E-state index contributed by atoms with van der Waals surface area (Å²) in [6, 6.07) is 12.9. The summed E-state index contributed by atoms with van der Waals surface area (Å²) < 4.78 is 0. The third kappa shape index (κ3) is 2.51. The molecule has 2 aromatic rings. The van der Waals surface area contributed by atoms with E-state index in [4.69, 9.17) is 0 Å². The van der Waals surface area contributed by atoms with Crippen molar-refractivity contribution in [1.82, 2.24) is 15.5 Å². The Balaban J connectivity index is 1.86. The average Bonchev–Trinajstić information content (AvgIpc) is 2.49. The molecule has 1 aliphatic rings. The van der Waals surface area contributed by atoms with E-state index in [9.17, 15) is 0 Å². The van der Waals surface area contributed by atoms with Gasteiger partial charge in [0.25, 0.3) is 0 Å². The minimum absolute atomic E-state index is 0.461. The van der Waals surface area contributed by atoms with Crippen LogP contribution in [0.5, 0.6) is 0 Å². The molecule has 1 aromatic carbocycles. The van der Waals surface area contributed by atoms with Gasteiger partial charge in [-0.25, -0.2) is 0 Å². The van der Waals surface area contributed by atoms with Crippen LogP contribution in [-0.4, -0.2) is 35.9 Å². The quantitative estimate of drug-likeness (QED) is 0.907. The maximum atomic E-state index is 4.42. The van der Waals surface area contributed by atoms with Gasteiger partial charge in [0.15, 0.2) is 5.82 Å². The summed E-state index contributed by atoms with van der Waals surface area (Å²) in [6.45, 7) is 7.30. The van der Waals surface area contributed by atoms with Gasteiger partial charge in [-0.1, -0.05) is 24.3 Å². The number of hydrogen-bond acceptors (Lipinski definition) is 4. The summed E-state index contributed by atoms with van der Waals surface area (Å²) in [4.78, 5) is 2.31. The second kappa shape index (κ2) is 5.59. The summed E-state index contributed by atoms with van der Waals surface area (Å²) in [6.07, 6.45) is 0. The zero-order valence-electron chi connectivity index (χ0n) is 12.0. The molecule has 0 spiro atoms. The first-order chi connectivity index (χ1) is 9.75. The monoisotopic (exact) mass is 268 g/mol. The van der Waals surface area contributed by atoms with E-state index < -0.39 is 0 Å². The van der Waals surface area contributed by atoms with Gasteiger partial charge in [0.1, 0.15) is 0 Å². The Bertz CT molecular complexity index is 579. The number of hydrogen-bond donors (Lipinski definition) is 1. The van der Waals surface area contributed by atoms with E-state index in [-0.39, 0.29) is 0 Å². The number of piperazine rings is 1. The normalized spacial score (nSPS) is 19.1. The van der Waals surface area contributed by atoms with Crippen LogP contribution in [0.2, 0.25) is 0 Å². The minimum atomic E-state index is 0.461. The van der Waals surface area contributed by atoms with Crippen molar-refractivity contribution in [2.24, 2.45) is 0 Å². The standard InChI is InChI=1S/C16H20N4/c1-12-5-3-4-6-14(12)15-7-8-16(19-18-15)20-10-9-17-11-13(20)2/h3-8,13,17H,9-11H2,1-2H3. The molecule has 0 radical (unpaired) electrons. The third-order valence-corrected chi connectivity index (χ3v) is 3.87. The lowest BCUT2D eigenvalue weighted by Crippen LogP contribution is -2.50. The van der Waals surface area contributed by atoms with Crippen LogP contribution < -0.4 is 10.2 Å². The number of anilines is 1. The van der Waals surface area contributed by atoms with E-state index in [0.29, 0.717) is 6.04 Å². The lowest BCUT2D eigenvalue weighted by Gasteiger charge is -2.34. The van der Waals surface area contributed by atoms with Gasteiger partial charge in [-0.3, -0.25) is 0 Å². The molecule has 0 aliphatic carbocycles. The van der Waals surface area contributed by atoms with Crippen LogP contribution in [0.4, 0.5) is 5.82 Å². The second-order valence-corrected chi connectivity index (χ2v) is 5.34. The summed E-state index contributed by atoms with van der Waals surface area (Å²) in [7, 11) is 0. The summed E-state index contributed by atoms with van der Waals surface area (Å²) in [5.41, 5.74) is 3.32. The van der Waals surface area contributed by atoms with Crippen LogP contribution in [0, 0.1) is 6.92 Å². The van der Waals surface area contributed by atoms with E-state index >= 15 is 0 Å². The number of aromatic nitrogens is 2. The first-order valence-corrected chi connectivity index (χ1v) is 7.13. The Morgan fingerprint density at radius 1 is 1.15 bits per heavy atom. The fourth-order valence-corrected chi connectivity index (χ4v) is 2.66. The predicted octanol–water partition coefficient (Wildman–Crippen LogP) is 2.25. The molecule has 1 aromatic heterocycles. The summed E-state index contributed by atoms with van der Waals surface area (Å²) in [5, 5.41) is 12.2. The Hall–Kier alpha value is -1.94. The Labute approximate surface area is 119 Å². The molecule has 0 amide bonds. The highest BCUT2D eigenvalue weighted by Gasteiger charge is 2.19. The molecule has 1 unspecified atom stereocenters. The van der Waals surface area contributed by atoms with E-state index in [1.54, 1.807) is 0 Å². The molecule has 0 saturated carbocycles. The number of nitrogens with one attached hydrogen (secondary N) is 1. The van der Waals surface area contributed by atoms with Crippen molar-refractivity contribution in [3.63, 3.8) is 0 Å². The van der Waals surface area contributed by atoms with E-state index in [1.807, 2.05) is 12.1 Å². The average molecular weight is 268 g/mol. The Kier molecular flexibility index (Phi) is 3.65. The van der Waals surface area contributed by atoms with Crippen molar-refractivity contribution in [2.45, 2.75) is 19.9 Å². The lowest BCUT2D eigenvalue weighted by atomic mass is 10.1. The highest BCUT2D eigenvalue weighted by Crippen LogP contribution is 2.22.